The first-order valence-electron chi connectivity index (χ1n) is 6.00. The van der Waals surface area contributed by atoms with Gasteiger partial charge in [0.05, 0.1) is 19.6 Å². The lowest BCUT2D eigenvalue weighted by atomic mass is 10.1. The van der Waals surface area contributed by atoms with E-state index >= 15 is 0 Å². The number of amides is 1. The van der Waals surface area contributed by atoms with Gasteiger partial charge in [0.25, 0.3) is 0 Å². The number of carbonyl (C=O) groups is 1. The number of nitrogens with zero attached hydrogens (tertiary/aromatic N) is 1. The first kappa shape index (κ1) is 14.8. The predicted molar refractivity (Wildman–Crippen MR) is 72.3 cm³/mol. The molecule has 1 aromatic rings. The lowest BCUT2D eigenvalue weighted by Gasteiger charge is -2.15. The number of benzene rings is 1. The number of hydrogen-bond donors (Lipinski definition) is 3. The molecule has 6 nitrogen and oxygen atoms in total. The van der Waals surface area contributed by atoms with Gasteiger partial charge >= 0.3 is 0 Å². The average molecular weight is 265 g/mol. The zero-order valence-corrected chi connectivity index (χ0v) is 11.1. The van der Waals surface area contributed by atoms with E-state index in [2.05, 4.69) is 10.5 Å². The second-order valence-corrected chi connectivity index (χ2v) is 4.08. The van der Waals surface area contributed by atoms with Gasteiger partial charge in [-0.2, -0.15) is 0 Å². The molecule has 0 spiro atoms. The largest absolute Gasteiger partial charge is 0.497 e. The molecule has 1 unspecified atom stereocenters. The molecule has 0 aliphatic carbocycles. The van der Waals surface area contributed by atoms with E-state index < -0.39 is 6.04 Å². The van der Waals surface area contributed by atoms with Crippen LogP contribution >= 0.6 is 0 Å². The Morgan fingerprint density at radius 2 is 2.32 bits per heavy atom. The molecular weight excluding hydrogens is 246 g/mol. The number of oxime groups is 1. The minimum absolute atomic E-state index is 0.00138. The van der Waals surface area contributed by atoms with Crippen molar-refractivity contribution in [2.24, 2.45) is 10.9 Å². The Morgan fingerprint density at radius 1 is 1.58 bits per heavy atom. The smallest absolute Gasteiger partial charge is 0.225 e. The summed E-state index contributed by atoms with van der Waals surface area (Å²) in [7, 11) is 1.57. The molecule has 0 aliphatic rings. The Kier molecular flexibility index (Phi) is 5.66. The Morgan fingerprint density at radius 3 is 2.89 bits per heavy atom. The SMILES string of the molecule is CCC(NC(=O)Cc1cccc(OC)c1)/C(N)=N/O. The van der Waals surface area contributed by atoms with Gasteiger partial charge in [0.1, 0.15) is 5.75 Å². The van der Waals surface area contributed by atoms with Crippen molar-refractivity contribution in [1.29, 1.82) is 0 Å². The van der Waals surface area contributed by atoms with Crippen molar-refractivity contribution in [2.45, 2.75) is 25.8 Å². The Hall–Kier alpha value is -2.24. The molecule has 0 aromatic heterocycles. The molecule has 0 radical (unpaired) electrons. The Balaban J connectivity index is 2.64. The highest BCUT2D eigenvalue weighted by Crippen LogP contribution is 2.12. The first-order valence-corrected chi connectivity index (χ1v) is 6.00. The first-order chi connectivity index (χ1) is 9.10. The number of rotatable bonds is 6. The van der Waals surface area contributed by atoms with Crippen LogP contribution in [-0.2, 0) is 11.2 Å². The molecule has 1 amide bonds. The number of hydrogen-bond acceptors (Lipinski definition) is 4. The maximum atomic E-state index is 11.9. The average Bonchev–Trinajstić information content (AvgIpc) is 2.44. The number of amidine groups is 1. The van der Waals surface area contributed by atoms with Gasteiger partial charge in [0.15, 0.2) is 5.84 Å². The highest BCUT2D eigenvalue weighted by molar-refractivity contribution is 5.90. The standard InChI is InChI=1S/C13H19N3O3/c1-3-11(13(14)16-18)15-12(17)8-9-5-4-6-10(7-9)19-2/h4-7,11,18H,3,8H2,1-2H3,(H2,14,16)(H,15,17). The van der Waals surface area contributed by atoms with Crippen LogP contribution in [0, 0.1) is 0 Å². The fraction of sp³-hybridized carbons (Fsp3) is 0.385. The number of ether oxygens (including phenoxy) is 1. The van der Waals surface area contributed by atoms with Crippen LogP contribution in [0.3, 0.4) is 0 Å². The van der Waals surface area contributed by atoms with Gasteiger partial charge in [0.2, 0.25) is 5.91 Å². The van der Waals surface area contributed by atoms with E-state index in [1.54, 1.807) is 13.2 Å². The number of nitrogens with one attached hydrogen (secondary N) is 1. The number of carbonyl (C=O) groups excluding carboxylic acids is 1. The molecule has 0 saturated carbocycles. The van der Waals surface area contributed by atoms with Crippen molar-refractivity contribution in [3.05, 3.63) is 29.8 Å². The fourth-order valence-electron chi connectivity index (χ4n) is 1.67. The quantitative estimate of drug-likeness (QED) is 0.308. The molecule has 4 N–H and O–H groups in total. The van der Waals surface area contributed by atoms with Gasteiger partial charge in [0, 0.05) is 0 Å². The maximum Gasteiger partial charge on any atom is 0.225 e. The summed E-state index contributed by atoms with van der Waals surface area (Å²) in [6, 6.07) is 6.81. The molecule has 104 valence electrons. The van der Waals surface area contributed by atoms with E-state index in [9.17, 15) is 4.79 Å². The third-order valence-electron chi connectivity index (χ3n) is 2.71. The summed E-state index contributed by atoms with van der Waals surface area (Å²) < 4.78 is 5.09. The van der Waals surface area contributed by atoms with Gasteiger partial charge in [-0.3, -0.25) is 4.79 Å². The minimum Gasteiger partial charge on any atom is -0.497 e. The predicted octanol–water partition coefficient (Wildman–Crippen LogP) is 0.879. The van der Waals surface area contributed by atoms with Crippen LogP contribution < -0.4 is 15.8 Å². The molecule has 19 heavy (non-hydrogen) atoms. The lowest BCUT2D eigenvalue weighted by Crippen LogP contribution is -2.44. The highest BCUT2D eigenvalue weighted by atomic mass is 16.5. The summed E-state index contributed by atoms with van der Waals surface area (Å²) in [5.41, 5.74) is 6.32. The van der Waals surface area contributed by atoms with Crippen LogP contribution in [0.2, 0.25) is 0 Å². The molecule has 0 bridgehead atoms. The highest BCUT2D eigenvalue weighted by Gasteiger charge is 2.15. The van der Waals surface area contributed by atoms with E-state index in [0.717, 1.165) is 5.56 Å². The van der Waals surface area contributed by atoms with Crippen molar-refractivity contribution < 1.29 is 14.7 Å². The van der Waals surface area contributed by atoms with Crippen LogP contribution in [0.15, 0.2) is 29.4 Å². The van der Waals surface area contributed by atoms with E-state index in [-0.39, 0.29) is 18.2 Å². The van der Waals surface area contributed by atoms with E-state index in [4.69, 9.17) is 15.7 Å². The summed E-state index contributed by atoms with van der Waals surface area (Å²) in [6.07, 6.45) is 0.770. The molecule has 1 aromatic carbocycles. The zero-order valence-electron chi connectivity index (χ0n) is 11.1. The van der Waals surface area contributed by atoms with Crippen molar-refractivity contribution in [3.63, 3.8) is 0 Å². The van der Waals surface area contributed by atoms with Crippen molar-refractivity contribution in [1.82, 2.24) is 5.32 Å². The second-order valence-electron chi connectivity index (χ2n) is 4.08. The fourth-order valence-corrected chi connectivity index (χ4v) is 1.67. The summed E-state index contributed by atoms with van der Waals surface area (Å²) in [6.45, 7) is 1.84. The molecule has 1 atom stereocenters. The van der Waals surface area contributed by atoms with Gasteiger partial charge in [-0.25, -0.2) is 0 Å². The third-order valence-corrected chi connectivity index (χ3v) is 2.71. The molecule has 0 heterocycles. The molecule has 0 aliphatic heterocycles. The van der Waals surface area contributed by atoms with Gasteiger partial charge in [-0.1, -0.05) is 24.2 Å². The van der Waals surface area contributed by atoms with E-state index in [0.29, 0.717) is 12.2 Å². The third kappa shape index (κ3) is 4.50. The number of methoxy groups -OCH3 is 1. The number of nitrogens with two attached hydrogens (primary N) is 1. The Bertz CT molecular complexity index is 460. The summed E-state index contributed by atoms with van der Waals surface area (Å²) >= 11 is 0. The van der Waals surface area contributed by atoms with Crippen LogP contribution in [0.5, 0.6) is 5.75 Å². The summed E-state index contributed by atoms with van der Waals surface area (Å²) in [5, 5.41) is 14.2. The van der Waals surface area contributed by atoms with Crippen LogP contribution in [0.4, 0.5) is 0 Å². The topological polar surface area (TPSA) is 96.9 Å². The van der Waals surface area contributed by atoms with Gasteiger partial charge in [-0.05, 0) is 24.1 Å². The zero-order chi connectivity index (χ0) is 14.3. The van der Waals surface area contributed by atoms with E-state index in [1.165, 1.54) is 0 Å². The van der Waals surface area contributed by atoms with Gasteiger partial charge < -0.3 is 21.0 Å². The molecule has 1 rings (SSSR count). The lowest BCUT2D eigenvalue weighted by molar-refractivity contribution is -0.120. The molecular formula is C13H19N3O3. The van der Waals surface area contributed by atoms with Crippen molar-refractivity contribution >= 4 is 11.7 Å². The summed E-state index contributed by atoms with van der Waals surface area (Å²) in [4.78, 5) is 11.9. The van der Waals surface area contributed by atoms with Gasteiger partial charge in [-0.15, -0.1) is 0 Å². The van der Waals surface area contributed by atoms with Crippen LogP contribution in [-0.4, -0.2) is 30.1 Å². The van der Waals surface area contributed by atoms with E-state index in [1.807, 2.05) is 25.1 Å². The van der Waals surface area contributed by atoms with Crippen molar-refractivity contribution in [2.75, 3.05) is 7.11 Å². The normalized spacial score (nSPS) is 12.8. The Labute approximate surface area is 112 Å². The minimum atomic E-state index is -0.455. The van der Waals surface area contributed by atoms with Crippen LogP contribution in [0.1, 0.15) is 18.9 Å². The second kappa shape index (κ2) is 7.25. The molecule has 0 fully saturated rings. The van der Waals surface area contributed by atoms with Crippen LogP contribution in [0.25, 0.3) is 0 Å². The monoisotopic (exact) mass is 265 g/mol. The molecule has 0 saturated heterocycles. The summed E-state index contributed by atoms with van der Waals surface area (Å²) in [5.74, 6) is 0.516. The van der Waals surface area contributed by atoms with Crippen molar-refractivity contribution in [3.8, 4) is 5.75 Å². The molecule has 6 heteroatoms. The maximum absolute atomic E-state index is 11.9.